The van der Waals surface area contributed by atoms with Crippen LogP contribution in [0.25, 0.3) is 0 Å². The number of aliphatic carboxylic acids is 1. The van der Waals surface area contributed by atoms with Crippen LogP contribution < -0.4 is 0 Å². The van der Waals surface area contributed by atoms with Gasteiger partial charge in [-0.25, -0.2) is 0 Å². The predicted molar refractivity (Wildman–Crippen MR) is 77.7 cm³/mol. The van der Waals surface area contributed by atoms with E-state index < -0.39 is 5.97 Å². The molecule has 5 nitrogen and oxygen atoms in total. The van der Waals surface area contributed by atoms with Crippen molar-refractivity contribution in [2.45, 2.75) is 52.0 Å². The third kappa shape index (κ3) is 4.09. The zero-order valence-corrected chi connectivity index (χ0v) is 12.7. The van der Waals surface area contributed by atoms with E-state index >= 15 is 0 Å². The number of hydrogen-bond donors (Lipinski definition) is 1. The predicted octanol–water partition coefficient (Wildman–Crippen LogP) is 2.97. The van der Waals surface area contributed by atoms with E-state index in [1.165, 1.54) is 0 Å². The molecule has 0 aromatic carbocycles. The third-order valence-corrected chi connectivity index (χ3v) is 4.33. The van der Waals surface area contributed by atoms with Crippen molar-refractivity contribution in [3.63, 3.8) is 0 Å². The highest BCUT2D eigenvalue weighted by Crippen LogP contribution is 2.44. The fourth-order valence-corrected chi connectivity index (χ4v) is 3.21. The van der Waals surface area contributed by atoms with Gasteiger partial charge in [0, 0.05) is 13.5 Å². The van der Waals surface area contributed by atoms with Crippen molar-refractivity contribution < 1.29 is 19.1 Å². The lowest BCUT2D eigenvalue weighted by Gasteiger charge is -2.28. The summed E-state index contributed by atoms with van der Waals surface area (Å²) < 4.78 is 5.48. The van der Waals surface area contributed by atoms with Crippen LogP contribution in [0.3, 0.4) is 0 Å². The van der Waals surface area contributed by atoms with Crippen LogP contribution in [0.2, 0.25) is 0 Å². The summed E-state index contributed by atoms with van der Waals surface area (Å²) in [6, 6.07) is 3.73. The Hall–Kier alpha value is -1.78. The SMILES string of the molecule is Cc1ccc(CN(C)C(=O)CC2(CC(=O)O)CCCC2)o1. The fraction of sp³-hybridized carbons (Fsp3) is 0.625. The molecule has 1 aromatic heterocycles. The van der Waals surface area contributed by atoms with Gasteiger partial charge in [0.2, 0.25) is 5.91 Å². The molecule has 1 aliphatic rings. The van der Waals surface area contributed by atoms with Gasteiger partial charge in [0.15, 0.2) is 0 Å². The number of rotatable bonds is 6. The van der Waals surface area contributed by atoms with Gasteiger partial charge < -0.3 is 14.4 Å². The molecule has 1 heterocycles. The first-order chi connectivity index (χ1) is 9.90. The van der Waals surface area contributed by atoms with E-state index in [0.717, 1.165) is 37.2 Å². The molecule has 0 aliphatic heterocycles. The minimum atomic E-state index is -0.811. The molecule has 0 saturated heterocycles. The van der Waals surface area contributed by atoms with E-state index in [9.17, 15) is 9.59 Å². The highest BCUT2D eigenvalue weighted by Gasteiger charge is 2.38. The lowest BCUT2D eigenvalue weighted by Crippen LogP contribution is -2.33. The summed E-state index contributed by atoms with van der Waals surface area (Å²) in [5, 5.41) is 9.09. The summed E-state index contributed by atoms with van der Waals surface area (Å²) in [4.78, 5) is 25.1. The molecule has 5 heteroatoms. The first-order valence-corrected chi connectivity index (χ1v) is 7.41. The van der Waals surface area contributed by atoms with Crippen LogP contribution in [0.5, 0.6) is 0 Å². The lowest BCUT2D eigenvalue weighted by atomic mass is 9.79. The van der Waals surface area contributed by atoms with Crippen LogP contribution in [-0.4, -0.2) is 28.9 Å². The van der Waals surface area contributed by atoms with Gasteiger partial charge in [0.05, 0.1) is 13.0 Å². The second-order valence-corrected chi connectivity index (χ2v) is 6.22. The molecule has 1 amide bonds. The minimum absolute atomic E-state index is 0.00722. The number of furan rings is 1. The van der Waals surface area contributed by atoms with Gasteiger partial charge in [0.1, 0.15) is 11.5 Å². The first kappa shape index (κ1) is 15.6. The molecule has 116 valence electrons. The highest BCUT2D eigenvalue weighted by molar-refractivity contribution is 5.78. The maximum absolute atomic E-state index is 12.4. The Labute approximate surface area is 124 Å². The van der Waals surface area contributed by atoms with Gasteiger partial charge >= 0.3 is 5.97 Å². The van der Waals surface area contributed by atoms with Gasteiger partial charge in [-0.15, -0.1) is 0 Å². The molecule has 1 saturated carbocycles. The number of carbonyl (C=O) groups is 2. The van der Waals surface area contributed by atoms with Crippen molar-refractivity contribution in [1.29, 1.82) is 0 Å². The van der Waals surface area contributed by atoms with Crippen molar-refractivity contribution in [2.75, 3.05) is 7.05 Å². The Morgan fingerprint density at radius 1 is 1.29 bits per heavy atom. The van der Waals surface area contributed by atoms with Gasteiger partial charge in [-0.1, -0.05) is 12.8 Å². The summed E-state index contributed by atoms with van der Waals surface area (Å²) in [7, 11) is 1.74. The minimum Gasteiger partial charge on any atom is -0.481 e. The molecule has 1 aromatic rings. The smallest absolute Gasteiger partial charge is 0.303 e. The van der Waals surface area contributed by atoms with Crippen LogP contribution in [0.4, 0.5) is 0 Å². The lowest BCUT2D eigenvalue weighted by molar-refractivity contribution is -0.141. The molecular formula is C16H23NO4. The number of carboxylic acids is 1. The van der Waals surface area contributed by atoms with Gasteiger partial charge in [-0.3, -0.25) is 9.59 Å². The average Bonchev–Trinajstić information content (AvgIpc) is 2.98. The second kappa shape index (κ2) is 6.33. The van der Waals surface area contributed by atoms with Crippen LogP contribution in [0.1, 0.15) is 50.0 Å². The van der Waals surface area contributed by atoms with Crippen molar-refractivity contribution >= 4 is 11.9 Å². The number of carboxylic acid groups (broad SMARTS) is 1. The molecule has 2 rings (SSSR count). The number of hydrogen-bond acceptors (Lipinski definition) is 3. The molecule has 1 fully saturated rings. The standard InChI is InChI=1S/C16H23NO4/c1-12-5-6-13(21-12)11-17(2)14(18)9-16(10-15(19)20)7-3-4-8-16/h5-6H,3-4,7-11H2,1-2H3,(H,19,20). The highest BCUT2D eigenvalue weighted by atomic mass is 16.4. The molecule has 1 aliphatic carbocycles. The molecule has 0 spiro atoms. The summed E-state index contributed by atoms with van der Waals surface area (Å²) in [6.45, 7) is 2.29. The first-order valence-electron chi connectivity index (χ1n) is 7.41. The zero-order valence-electron chi connectivity index (χ0n) is 12.7. The molecule has 0 unspecified atom stereocenters. The summed E-state index contributed by atoms with van der Waals surface area (Å²) in [5.41, 5.74) is -0.351. The zero-order chi connectivity index (χ0) is 15.5. The van der Waals surface area contributed by atoms with E-state index in [-0.39, 0.29) is 17.7 Å². The molecule has 21 heavy (non-hydrogen) atoms. The molecule has 0 atom stereocenters. The number of aryl methyl sites for hydroxylation is 1. The van der Waals surface area contributed by atoms with E-state index in [1.807, 2.05) is 19.1 Å². The van der Waals surface area contributed by atoms with Gasteiger partial charge in [0.25, 0.3) is 0 Å². The summed E-state index contributed by atoms with van der Waals surface area (Å²) in [5.74, 6) is 0.757. The molecular weight excluding hydrogens is 270 g/mol. The monoisotopic (exact) mass is 293 g/mol. The maximum atomic E-state index is 12.4. The Balaban J connectivity index is 1.96. The van der Waals surface area contributed by atoms with Crippen molar-refractivity contribution in [3.05, 3.63) is 23.7 Å². The topological polar surface area (TPSA) is 70.8 Å². The molecule has 0 radical (unpaired) electrons. The van der Waals surface area contributed by atoms with Crippen LogP contribution >= 0.6 is 0 Å². The van der Waals surface area contributed by atoms with Crippen LogP contribution in [0, 0.1) is 12.3 Å². The Kier molecular flexibility index (Phi) is 4.70. The molecule has 1 N–H and O–H groups in total. The van der Waals surface area contributed by atoms with Crippen molar-refractivity contribution in [1.82, 2.24) is 4.90 Å². The van der Waals surface area contributed by atoms with Crippen LogP contribution in [-0.2, 0) is 16.1 Å². The largest absolute Gasteiger partial charge is 0.481 e. The quantitative estimate of drug-likeness (QED) is 0.875. The van der Waals surface area contributed by atoms with Crippen molar-refractivity contribution in [3.8, 4) is 0 Å². The fourth-order valence-electron chi connectivity index (χ4n) is 3.21. The second-order valence-electron chi connectivity index (χ2n) is 6.22. The number of nitrogens with zero attached hydrogens (tertiary/aromatic N) is 1. The number of amides is 1. The third-order valence-electron chi connectivity index (χ3n) is 4.33. The van der Waals surface area contributed by atoms with E-state index in [1.54, 1.807) is 11.9 Å². The molecule has 0 bridgehead atoms. The normalized spacial score (nSPS) is 16.9. The van der Waals surface area contributed by atoms with Gasteiger partial charge in [-0.05, 0) is 37.3 Å². The average molecular weight is 293 g/mol. The summed E-state index contributed by atoms with van der Waals surface area (Å²) >= 11 is 0. The Bertz CT molecular complexity index is 514. The number of carbonyl (C=O) groups excluding carboxylic acids is 1. The Morgan fingerprint density at radius 2 is 1.95 bits per heavy atom. The van der Waals surface area contributed by atoms with E-state index in [2.05, 4.69) is 0 Å². The maximum Gasteiger partial charge on any atom is 0.303 e. The van der Waals surface area contributed by atoms with E-state index in [4.69, 9.17) is 9.52 Å². The summed E-state index contributed by atoms with van der Waals surface area (Å²) in [6.07, 6.45) is 4.10. The van der Waals surface area contributed by atoms with Crippen molar-refractivity contribution in [2.24, 2.45) is 5.41 Å². The Morgan fingerprint density at radius 3 is 2.48 bits per heavy atom. The van der Waals surface area contributed by atoms with E-state index in [0.29, 0.717) is 13.0 Å². The van der Waals surface area contributed by atoms with Crippen LogP contribution in [0.15, 0.2) is 16.5 Å². The van der Waals surface area contributed by atoms with Gasteiger partial charge in [-0.2, -0.15) is 0 Å².